The van der Waals surface area contributed by atoms with Gasteiger partial charge in [0, 0.05) is 6.42 Å². The van der Waals surface area contributed by atoms with Gasteiger partial charge in [0.25, 0.3) is 11.8 Å². The van der Waals surface area contributed by atoms with Crippen molar-refractivity contribution in [2.24, 2.45) is 0 Å². The highest BCUT2D eigenvalue weighted by Crippen LogP contribution is 2.37. The molecule has 0 unspecified atom stereocenters. The fourth-order valence-corrected chi connectivity index (χ4v) is 3.41. The van der Waals surface area contributed by atoms with Crippen molar-refractivity contribution >= 4 is 40.7 Å². The largest absolute Gasteiger partial charge is 0.505 e. The van der Waals surface area contributed by atoms with Crippen molar-refractivity contribution in [3.63, 3.8) is 0 Å². The van der Waals surface area contributed by atoms with E-state index in [0.29, 0.717) is 4.90 Å². The van der Waals surface area contributed by atoms with Crippen LogP contribution in [0.1, 0.15) is 34.1 Å². The van der Waals surface area contributed by atoms with Crippen LogP contribution in [0.25, 0.3) is 0 Å². The molecule has 6 nitrogen and oxygen atoms in total. The van der Waals surface area contributed by atoms with Gasteiger partial charge in [0.2, 0.25) is 11.0 Å². The summed E-state index contributed by atoms with van der Waals surface area (Å²) in [7, 11) is 0. The van der Waals surface area contributed by atoms with Gasteiger partial charge in [-0.1, -0.05) is 25.1 Å². The lowest BCUT2D eigenvalue weighted by Crippen LogP contribution is -2.61. The molecule has 0 bridgehead atoms. The van der Waals surface area contributed by atoms with Crippen LogP contribution in [0.4, 0.5) is 36.4 Å². The van der Waals surface area contributed by atoms with Gasteiger partial charge in [-0.25, -0.2) is 17.6 Å². The van der Waals surface area contributed by atoms with Crippen molar-refractivity contribution in [3.8, 4) is 0 Å². The van der Waals surface area contributed by atoms with Crippen LogP contribution in [0.15, 0.2) is 30.3 Å². The lowest BCUT2D eigenvalue weighted by molar-refractivity contribution is -0.256. The second kappa shape index (κ2) is 8.42. The molecule has 1 aliphatic rings. The van der Waals surface area contributed by atoms with E-state index in [-0.39, 0.29) is 12.1 Å². The number of amides is 3. The number of hydrogen-bond acceptors (Lipinski definition) is 4. The number of fused-ring (bicyclic) bond motifs is 1. The summed E-state index contributed by atoms with van der Waals surface area (Å²) in [5, 5.41) is -3.39. The molecule has 1 heterocycles. The van der Waals surface area contributed by atoms with Crippen molar-refractivity contribution in [1.29, 1.82) is 0 Å². The Balaban J connectivity index is 2.20. The number of hydrogen-bond donors (Lipinski definition) is 0. The van der Waals surface area contributed by atoms with E-state index in [1.54, 1.807) is 0 Å². The highest BCUT2D eigenvalue weighted by atomic mass is 32.1. The van der Waals surface area contributed by atoms with Gasteiger partial charge < -0.3 is 0 Å². The maximum Gasteiger partial charge on any atom is 0.505 e. The number of imide groups is 1. The van der Waals surface area contributed by atoms with Crippen LogP contribution < -0.4 is 4.90 Å². The van der Waals surface area contributed by atoms with Crippen LogP contribution in [-0.2, 0) is 4.79 Å². The number of carbonyl (C=O) groups excluding carboxylic acids is 3. The topological polar surface area (TPSA) is 60.9 Å². The monoisotopic (exact) mass is 493 g/mol. The van der Waals surface area contributed by atoms with E-state index in [0.717, 1.165) is 0 Å². The molecule has 174 valence electrons. The zero-order valence-electron chi connectivity index (χ0n) is 16.2. The third-order valence-corrected chi connectivity index (χ3v) is 4.81. The van der Waals surface area contributed by atoms with Gasteiger partial charge in [-0.2, -0.15) is 10.0 Å². The molecule has 0 N–H and O–H groups in total. The van der Waals surface area contributed by atoms with Gasteiger partial charge >= 0.3 is 6.30 Å². The molecule has 2 aromatic rings. The van der Waals surface area contributed by atoms with Gasteiger partial charge in [0.1, 0.15) is 0 Å². The first-order chi connectivity index (χ1) is 15.3. The van der Waals surface area contributed by atoms with Crippen molar-refractivity contribution < 1.29 is 45.1 Å². The molecule has 0 saturated carbocycles. The molecule has 0 spiro atoms. The number of nitrogens with zero attached hydrogens (tertiary/aromatic N) is 3. The predicted octanol–water partition coefficient (Wildman–Crippen LogP) is 4.30. The maximum atomic E-state index is 14.1. The Morgan fingerprint density at radius 2 is 1.36 bits per heavy atom. The van der Waals surface area contributed by atoms with Crippen molar-refractivity contribution in [3.05, 3.63) is 64.7 Å². The SMILES string of the molecule is CCC(=O)N(C(=S)N(N1C(=O)c2c(F)c(F)c(F)c(F)c2C1=O)C(F)(F)F)c1ccccc1. The summed E-state index contributed by atoms with van der Waals surface area (Å²) in [6.07, 6.45) is -6.07. The predicted molar refractivity (Wildman–Crippen MR) is 101 cm³/mol. The van der Waals surface area contributed by atoms with Gasteiger partial charge in [-0.05, 0) is 24.4 Å². The fraction of sp³-hybridized carbons (Fsp3) is 0.158. The Morgan fingerprint density at radius 1 is 0.909 bits per heavy atom. The van der Waals surface area contributed by atoms with Crippen LogP contribution in [0.5, 0.6) is 0 Å². The Bertz CT molecular complexity index is 1140. The minimum Gasteiger partial charge on any atom is -0.274 e. The Hall–Kier alpha value is -3.55. The molecule has 33 heavy (non-hydrogen) atoms. The zero-order valence-corrected chi connectivity index (χ0v) is 17.0. The summed E-state index contributed by atoms with van der Waals surface area (Å²) in [6, 6.07) is 6.57. The van der Waals surface area contributed by atoms with Crippen LogP contribution in [-0.4, -0.2) is 39.2 Å². The highest BCUT2D eigenvalue weighted by molar-refractivity contribution is 7.80. The number of para-hydroxylation sites is 1. The number of benzene rings is 2. The minimum atomic E-state index is -5.70. The van der Waals surface area contributed by atoms with E-state index in [1.807, 2.05) is 0 Å². The number of rotatable bonds is 3. The maximum absolute atomic E-state index is 14.1. The van der Waals surface area contributed by atoms with E-state index in [2.05, 4.69) is 0 Å². The van der Waals surface area contributed by atoms with Crippen molar-refractivity contribution in [2.75, 3.05) is 4.90 Å². The van der Waals surface area contributed by atoms with Crippen molar-refractivity contribution in [2.45, 2.75) is 19.6 Å². The second-order valence-electron chi connectivity index (χ2n) is 6.41. The third kappa shape index (κ3) is 3.79. The van der Waals surface area contributed by atoms with Crippen LogP contribution >= 0.6 is 12.2 Å². The molecular weight excluding hydrogens is 483 g/mol. The molecule has 0 saturated heterocycles. The molecule has 2 aromatic carbocycles. The molecule has 3 amide bonds. The van der Waals surface area contributed by atoms with Crippen molar-refractivity contribution in [1.82, 2.24) is 10.0 Å². The molecule has 0 aromatic heterocycles. The lowest BCUT2D eigenvalue weighted by atomic mass is 10.1. The zero-order chi connectivity index (χ0) is 24.8. The Kier molecular flexibility index (Phi) is 6.15. The number of thiocarbonyl (C=S) groups is 1. The number of hydrazine groups is 1. The average Bonchev–Trinajstić information content (AvgIpc) is 3.01. The summed E-state index contributed by atoms with van der Waals surface area (Å²) in [6.45, 7) is 1.29. The molecule has 0 aliphatic carbocycles. The number of alkyl halides is 3. The first kappa shape index (κ1) is 24.1. The number of halogens is 7. The Labute approximate surface area is 185 Å². The average molecular weight is 493 g/mol. The van der Waals surface area contributed by atoms with Gasteiger partial charge in [-0.3, -0.25) is 19.3 Å². The minimum absolute atomic E-state index is 0.186. The normalized spacial score (nSPS) is 13.3. The first-order valence-electron chi connectivity index (χ1n) is 8.88. The molecule has 0 fully saturated rings. The number of anilines is 1. The summed E-state index contributed by atoms with van der Waals surface area (Å²) >= 11 is 4.77. The van der Waals surface area contributed by atoms with Gasteiger partial charge in [0.15, 0.2) is 23.3 Å². The quantitative estimate of drug-likeness (QED) is 0.159. The standard InChI is InChI=1S/C19H10F7N3O3S/c1-2-9(30)27(8-6-4-3-5-7-8)18(33)29(19(24,25)26)28-16(31)10-11(17(28)32)13(21)15(23)14(22)12(10)20/h3-7H,2H2,1H3. The molecule has 1 aliphatic heterocycles. The molecule has 0 atom stereocenters. The van der Waals surface area contributed by atoms with E-state index >= 15 is 0 Å². The number of carbonyl (C=O) groups is 3. The molecule has 3 rings (SSSR count). The van der Waals surface area contributed by atoms with Gasteiger partial charge in [-0.15, -0.1) is 13.2 Å². The molecule has 14 heteroatoms. The second-order valence-corrected chi connectivity index (χ2v) is 6.77. The summed E-state index contributed by atoms with van der Waals surface area (Å²) in [5.41, 5.74) is -3.68. The van der Waals surface area contributed by atoms with E-state index in [1.165, 1.54) is 37.3 Å². The van der Waals surface area contributed by atoms with E-state index in [9.17, 15) is 45.1 Å². The third-order valence-electron chi connectivity index (χ3n) is 4.46. The molecular formula is C19H10F7N3O3S. The highest BCUT2D eigenvalue weighted by Gasteiger charge is 2.55. The fourth-order valence-electron chi connectivity index (χ4n) is 3.02. The van der Waals surface area contributed by atoms with E-state index < -0.39 is 73.5 Å². The van der Waals surface area contributed by atoms with Gasteiger partial charge in [0.05, 0.1) is 16.8 Å². The van der Waals surface area contributed by atoms with E-state index in [4.69, 9.17) is 12.2 Å². The summed E-state index contributed by atoms with van der Waals surface area (Å²) in [5.74, 6) is -15.0. The Morgan fingerprint density at radius 3 is 1.76 bits per heavy atom. The molecule has 0 radical (unpaired) electrons. The summed E-state index contributed by atoms with van der Waals surface area (Å²) < 4.78 is 97.5. The first-order valence-corrected chi connectivity index (χ1v) is 9.28. The summed E-state index contributed by atoms with van der Waals surface area (Å²) in [4.78, 5) is 37.8. The van der Waals surface area contributed by atoms with Crippen LogP contribution in [0.2, 0.25) is 0 Å². The van der Waals surface area contributed by atoms with Crippen LogP contribution in [0, 0.1) is 23.3 Å². The van der Waals surface area contributed by atoms with Crippen LogP contribution in [0.3, 0.4) is 0 Å². The smallest absolute Gasteiger partial charge is 0.274 e. The lowest BCUT2D eigenvalue weighted by Gasteiger charge is -2.36.